The Hall–Kier alpha value is -0.670. The van der Waals surface area contributed by atoms with Crippen LogP contribution in [0.1, 0.15) is 12.8 Å². The summed E-state index contributed by atoms with van der Waals surface area (Å²) in [6.45, 7) is 2.08. The minimum absolute atomic E-state index is 0.125. The molecule has 0 aromatic carbocycles. The summed E-state index contributed by atoms with van der Waals surface area (Å²) >= 11 is 0. The molecule has 0 spiro atoms. The molecular weight excluding hydrogens is 176 g/mol. The van der Waals surface area contributed by atoms with Crippen LogP contribution in [0, 0.1) is 5.41 Å². The Labute approximate surface area is 85.1 Å². The molecule has 3 nitrogen and oxygen atoms in total. The van der Waals surface area contributed by atoms with Crippen LogP contribution in [-0.2, 0) is 0 Å². The molecule has 1 saturated heterocycles. The standard InChI is InChI=1S/C11H18N2O/c1-13-7-2-4-10(13)11(9-14)5-3-6-12-8-11/h3,5-6,10,14H,2,4,7-9H2,1H3/t10-,11?/m0/s1. The van der Waals surface area contributed by atoms with Gasteiger partial charge in [-0.3, -0.25) is 4.99 Å². The number of allylic oxidation sites excluding steroid dienone is 1. The Morgan fingerprint density at radius 2 is 2.50 bits per heavy atom. The number of dihydropyridines is 1. The lowest BCUT2D eigenvalue weighted by Gasteiger charge is -2.38. The summed E-state index contributed by atoms with van der Waals surface area (Å²) < 4.78 is 0. The number of rotatable bonds is 2. The predicted molar refractivity (Wildman–Crippen MR) is 57.7 cm³/mol. The van der Waals surface area contributed by atoms with Crippen molar-refractivity contribution in [2.24, 2.45) is 10.4 Å². The summed E-state index contributed by atoms with van der Waals surface area (Å²) in [4.78, 5) is 6.63. The normalized spacial score (nSPS) is 38.0. The van der Waals surface area contributed by atoms with Gasteiger partial charge in [-0.05, 0) is 32.5 Å². The van der Waals surface area contributed by atoms with Crippen LogP contribution in [0.25, 0.3) is 0 Å². The lowest BCUT2D eigenvalue weighted by Crippen LogP contribution is -2.46. The van der Waals surface area contributed by atoms with Gasteiger partial charge in [-0.15, -0.1) is 0 Å². The second-order valence-electron chi connectivity index (χ2n) is 4.38. The van der Waals surface area contributed by atoms with Crippen LogP contribution in [-0.4, -0.2) is 49.0 Å². The van der Waals surface area contributed by atoms with Gasteiger partial charge < -0.3 is 10.0 Å². The highest BCUT2D eigenvalue weighted by atomic mass is 16.3. The summed E-state index contributed by atoms with van der Waals surface area (Å²) in [7, 11) is 2.14. The number of likely N-dealkylation sites (tertiary alicyclic amines) is 1. The molecule has 2 rings (SSSR count). The fourth-order valence-electron chi connectivity index (χ4n) is 2.63. The van der Waals surface area contributed by atoms with E-state index in [-0.39, 0.29) is 12.0 Å². The van der Waals surface area contributed by atoms with Crippen LogP contribution in [0.5, 0.6) is 0 Å². The van der Waals surface area contributed by atoms with E-state index in [0.29, 0.717) is 6.04 Å². The van der Waals surface area contributed by atoms with Gasteiger partial charge in [0.15, 0.2) is 0 Å². The van der Waals surface area contributed by atoms with Crippen LogP contribution in [0.15, 0.2) is 17.1 Å². The van der Waals surface area contributed by atoms with Gasteiger partial charge in [0.2, 0.25) is 0 Å². The van der Waals surface area contributed by atoms with Crippen LogP contribution in [0.2, 0.25) is 0 Å². The van der Waals surface area contributed by atoms with Crippen molar-refractivity contribution in [2.75, 3.05) is 26.7 Å². The van der Waals surface area contributed by atoms with E-state index in [4.69, 9.17) is 0 Å². The summed E-state index contributed by atoms with van der Waals surface area (Å²) in [6.07, 6.45) is 8.33. The van der Waals surface area contributed by atoms with Gasteiger partial charge in [0.05, 0.1) is 13.2 Å². The Morgan fingerprint density at radius 3 is 3.00 bits per heavy atom. The van der Waals surface area contributed by atoms with Crippen molar-refractivity contribution in [1.82, 2.24) is 4.90 Å². The number of aliphatic imine (C=N–C) groups is 1. The van der Waals surface area contributed by atoms with Crippen molar-refractivity contribution in [2.45, 2.75) is 18.9 Å². The number of aliphatic hydroxyl groups is 1. The minimum atomic E-state index is -0.125. The Morgan fingerprint density at radius 1 is 1.64 bits per heavy atom. The lowest BCUT2D eigenvalue weighted by molar-refractivity contribution is 0.0900. The number of aliphatic hydroxyl groups excluding tert-OH is 1. The Bertz CT molecular complexity index is 262. The summed E-state index contributed by atoms with van der Waals surface area (Å²) in [5, 5.41) is 9.57. The van der Waals surface area contributed by atoms with Crippen LogP contribution in [0.4, 0.5) is 0 Å². The molecule has 78 valence electrons. The van der Waals surface area contributed by atoms with Crippen molar-refractivity contribution in [3.63, 3.8) is 0 Å². The van der Waals surface area contributed by atoms with Gasteiger partial charge in [0.1, 0.15) is 0 Å². The van der Waals surface area contributed by atoms with E-state index in [2.05, 4.69) is 23.0 Å². The number of hydrogen-bond acceptors (Lipinski definition) is 3. The van der Waals surface area contributed by atoms with E-state index in [0.717, 1.165) is 13.1 Å². The van der Waals surface area contributed by atoms with Crippen LogP contribution >= 0.6 is 0 Å². The second kappa shape index (κ2) is 3.83. The third-order valence-corrected chi connectivity index (χ3v) is 3.48. The molecule has 0 aromatic heterocycles. The molecule has 1 fully saturated rings. The molecule has 2 atom stereocenters. The molecule has 0 aromatic rings. The lowest BCUT2D eigenvalue weighted by atomic mass is 9.78. The first-order valence-electron chi connectivity index (χ1n) is 5.27. The molecule has 1 N–H and O–H groups in total. The zero-order valence-corrected chi connectivity index (χ0v) is 8.69. The quantitative estimate of drug-likeness (QED) is 0.702. The average molecular weight is 194 g/mol. The second-order valence-corrected chi connectivity index (χ2v) is 4.38. The van der Waals surface area contributed by atoms with Crippen molar-refractivity contribution in [3.05, 3.63) is 12.2 Å². The molecule has 1 unspecified atom stereocenters. The van der Waals surface area contributed by atoms with E-state index in [1.807, 2.05) is 12.3 Å². The third kappa shape index (κ3) is 1.51. The molecule has 0 amide bonds. The first-order chi connectivity index (χ1) is 6.78. The highest BCUT2D eigenvalue weighted by Gasteiger charge is 2.41. The molecular formula is C11H18N2O. The summed E-state index contributed by atoms with van der Waals surface area (Å²) in [5.41, 5.74) is -0.125. The van der Waals surface area contributed by atoms with Gasteiger partial charge in [-0.25, -0.2) is 0 Å². The summed E-state index contributed by atoms with van der Waals surface area (Å²) in [5.74, 6) is 0. The van der Waals surface area contributed by atoms with Crippen molar-refractivity contribution in [1.29, 1.82) is 0 Å². The monoisotopic (exact) mass is 194 g/mol. The molecule has 14 heavy (non-hydrogen) atoms. The molecule has 3 heteroatoms. The zero-order valence-electron chi connectivity index (χ0n) is 8.69. The van der Waals surface area contributed by atoms with Crippen LogP contribution in [0.3, 0.4) is 0 Å². The van der Waals surface area contributed by atoms with E-state index in [9.17, 15) is 5.11 Å². The molecule has 2 aliphatic heterocycles. The zero-order chi connectivity index (χ0) is 10.0. The van der Waals surface area contributed by atoms with Crippen molar-refractivity contribution < 1.29 is 5.11 Å². The maximum absolute atomic E-state index is 9.57. The van der Waals surface area contributed by atoms with Crippen LogP contribution < -0.4 is 0 Å². The first kappa shape index (κ1) is 9.87. The highest BCUT2D eigenvalue weighted by molar-refractivity contribution is 5.72. The van der Waals surface area contributed by atoms with Gasteiger partial charge in [-0.1, -0.05) is 6.08 Å². The Balaban J connectivity index is 2.19. The fourth-order valence-corrected chi connectivity index (χ4v) is 2.63. The van der Waals surface area contributed by atoms with E-state index in [1.165, 1.54) is 12.8 Å². The molecule has 0 radical (unpaired) electrons. The van der Waals surface area contributed by atoms with E-state index < -0.39 is 0 Å². The topological polar surface area (TPSA) is 35.8 Å². The maximum atomic E-state index is 9.57. The van der Waals surface area contributed by atoms with Crippen molar-refractivity contribution >= 4 is 6.21 Å². The van der Waals surface area contributed by atoms with E-state index in [1.54, 1.807) is 0 Å². The largest absolute Gasteiger partial charge is 0.395 e. The van der Waals surface area contributed by atoms with Gasteiger partial charge >= 0.3 is 0 Å². The molecule has 0 bridgehead atoms. The predicted octanol–water partition coefficient (Wildman–Crippen LogP) is 0.700. The molecule has 0 saturated carbocycles. The fraction of sp³-hybridized carbons (Fsp3) is 0.727. The highest BCUT2D eigenvalue weighted by Crippen LogP contribution is 2.35. The van der Waals surface area contributed by atoms with Gasteiger partial charge in [0.25, 0.3) is 0 Å². The minimum Gasteiger partial charge on any atom is -0.395 e. The van der Waals surface area contributed by atoms with Crippen molar-refractivity contribution in [3.8, 4) is 0 Å². The Kier molecular flexibility index (Phi) is 2.70. The van der Waals surface area contributed by atoms with E-state index >= 15 is 0 Å². The maximum Gasteiger partial charge on any atom is 0.0555 e. The SMILES string of the molecule is CN1CCC[C@H]1C1(CO)C=CC=NC1. The molecule has 0 aliphatic carbocycles. The number of nitrogens with zero attached hydrogens (tertiary/aromatic N) is 2. The molecule has 2 aliphatic rings. The van der Waals surface area contributed by atoms with Gasteiger partial charge in [0, 0.05) is 17.7 Å². The smallest absolute Gasteiger partial charge is 0.0555 e. The first-order valence-corrected chi connectivity index (χ1v) is 5.27. The third-order valence-electron chi connectivity index (χ3n) is 3.48. The molecule has 2 heterocycles. The summed E-state index contributed by atoms with van der Waals surface area (Å²) in [6, 6.07) is 0.459. The van der Waals surface area contributed by atoms with Gasteiger partial charge in [-0.2, -0.15) is 0 Å². The average Bonchev–Trinajstić information content (AvgIpc) is 2.66. The number of hydrogen-bond donors (Lipinski definition) is 1.